The van der Waals surface area contributed by atoms with Crippen LogP contribution in [0, 0.1) is 19.8 Å². The first kappa shape index (κ1) is 19.8. The Morgan fingerprint density at radius 2 is 2.04 bits per heavy atom. The minimum absolute atomic E-state index is 0.140. The normalized spacial score (nSPS) is 18.2. The van der Waals surface area contributed by atoms with Crippen molar-refractivity contribution in [2.24, 2.45) is 5.92 Å². The maximum atomic E-state index is 12.4. The molecule has 0 N–H and O–H groups in total. The van der Waals surface area contributed by atoms with Crippen molar-refractivity contribution in [1.29, 1.82) is 0 Å². The van der Waals surface area contributed by atoms with Gasteiger partial charge in [0, 0.05) is 26.1 Å². The first-order valence-electron chi connectivity index (χ1n) is 9.02. The molecule has 0 aromatic heterocycles. The highest BCUT2D eigenvalue weighted by atomic mass is 32.2. The Morgan fingerprint density at radius 1 is 1.32 bits per heavy atom. The van der Waals surface area contributed by atoms with Crippen LogP contribution in [0.2, 0.25) is 0 Å². The zero-order valence-electron chi connectivity index (χ0n) is 15.8. The van der Waals surface area contributed by atoms with Crippen LogP contribution < -0.4 is 4.31 Å². The van der Waals surface area contributed by atoms with Crippen molar-refractivity contribution < 1.29 is 13.2 Å². The fraction of sp³-hybridized carbons (Fsp3) is 0.632. The first-order valence-corrected chi connectivity index (χ1v) is 10.9. The van der Waals surface area contributed by atoms with Gasteiger partial charge < -0.3 is 4.90 Å². The summed E-state index contributed by atoms with van der Waals surface area (Å²) >= 11 is 0. The summed E-state index contributed by atoms with van der Waals surface area (Å²) in [6.07, 6.45) is 4.39. The van der Waals surface area contributed by atoms with Gasteiger partial charge in [-0.15, -0.1) is 0 Å². The molecule has 0 saturated carbocycles. The fourth-order valence-electron chi connectivity index (χ4n) is 3.42. The van der Waals surface area contributed by atoms with E-state index in [4.69, 9.17) is 0 Å². The molecule has 1 aliphatic heterocycles. The zero-order chi connectivity index (χ0) is 18.6. The number of nitrogens with zero attached hydrogens (tertiary/aromatic N) is 2. The number of benzene rings is 1. The van der Waals surface area contributed by atoms with Gasteiger partial charge in [0.1, 0.15) is 0 Å². The molecule has 0 aliphatic carbocycles. The Morgan fingerprint density at radius 3 is 2.68 bits per heavy atom. The van der Waals surface area contributed by atoms with Gasteiger partial charge in [0.15, 0.2) is 0 Å². The summed E-state index contributed by atoms with van der Waals surface area (Å²) in [7, 11) is -3.38. The van der Waals surface area contributed by atoms with Crippen molar-refractivity contribution >= 4 is 21.6 Å². The van der Waals surface area contributed by atoms with Crippen LogP contribution in [0.4, 0.5) is 5.69 Å². The molecule has 5 nitrogen and oxygen atoms in total. The SMILES string of the molecule is Cc1cccc(N(CCCC(=O)N2CCC[C@@H](C)C2)S(C)(=O)=O)c1C. The highest BCUT2D eigenvalue weighted by molar-refractivity contribution is 7.92. The summed E-state index contributed by atoms with van der Waals surface area (Å²) in [5.74, 6) is 0.695. The lowest BCUT2D eigenvalue weighted by Gasteiger charge is -2.31. The van der Waals surface area contributed by atoms with Crippen LogP contribution >= 0.6 is 0 Å². The van der Waals surface area contributed by atoms with E-state index in [2.05, 4.69) is 6.92 Å². The fourth-order valence-corrected chi connectivity index (χ4v) is 4.43. The summed E-state index contributed by atoms with van der Waals surface area (Å²) in [6.45, 7) is 8.06. The topological polar surface area (TPSA) is 57.7 Å². The Labute approximate surface area is 152 Å². The molecule has 1 amide bonds. The van der Waals surface area contributed by atoms with Gasteiger partial charge in [-0.3, -0.25) is 9.10 Å². The van der Waals surface area contributed by atoms with Gasteiger partial charge >= 0.3 is 0 Å². The molecule has 1 saturated heterocycles. The smallest absolute Gasteiger partial charge is 0.232 e. The van der Waals surface area contributed by atoms with Crippen molar-refractivity contribution in [2.45, 2.75) is 46.5 Å². The quantitative estimate of drug-likeness (QED) is 0.777. The summed E-state index contributed by atoms with van der Waals surface area (Å²) in [5.41, 5.74) is 2.73. The Hall–Kier alpha value is -1.56. The van der Waals surface area contributed by atoms with Crippen LogP contribution in [0.3, 0.4) is 0 Å². The van der Waals surface area contributed by atoms with Crippen molar-refractivity contribution in [3.63, 3.8) is 0 Å². The molecular weight excluding hydrogens is 336 g/mol. The molecular formula is C19H30N2O3S. The number of hydrogen-bond donors (Lipinski definition) is 0. The number of rotatable bonds is 6. The van der Waals surface area contributed by atoms with Crippen LogP contribution in [-0.4, -0.2) is 45.1 Å². The van der Waals surface area contributed by atoms with Crippen molar-refractivity contribution in [2.75, 3.05) is 30.2 Å². The van der Waals surface area contributed by atoms with Gasteiger partial charge in [-0.05, 0) is 56.2 Å². The first-order chi connectivity index (χ1) is 11.7. The second-order valence-electron chi connectivity index (χ2n) is 7.24. The van der Waals surface area contributed by atoms with E-state index in [1.165, 1.54) is 17.0 Å². The summed E-state index contributed by atoms with van der Waals surface area (Å²) < 4.78 is 25.9. The molecule has 1 aromatic carbocycles. The maximum absolute atomic E-state index is 12.4. The standard InChI is InChI=1S/C19H30N2O3S/c1-15-8-6-12-20(14-15)19(22)11-7-13-21(25(4,23)24)18-10-5-9-16(2)17(18)3/h5,9-10,15H,6-8,11-14H2,1-4H3/t15-/m1/s1. The average molecular weight is 367 g/mol. The number of piperidine rings is 1. The lowest BCUT2D eigenvalue weighted by molar-refractivity contribution is -0.132. The molecule has 6 heteroatoms. The number of sulfonamides is 1. The number of amides is 1. The van der Waals surface area contributed by atoms with Crippen molar-refractivity contribution in [3.05, 3.63) is 29.3 Å². The van der Waals surface area contributed by atoms with E-state index in [0.29, 0.717) is 31.0 Å². The number of hydrogen-bond acceptors (Lipinski definition) is 3. The Kier molecular flexibility index (Phi) is 6.49. The second-order valence-corrected chi connectivity index (χ2v) is 9.15. The molecule has 1 atom stereocenters. The van der Waals surface area contributed by atoms with Gasteiger partial charge in [-0.2, -0.15) is 0 Å². The van der Waals surface area contributed by atoms with E-state index in [1.54, 1.807) is 0 Å². The number of aryl methyl sites for hydroxylation is 1. The monoisotopic (exact) mass is 366 g/mol. The zero-order valence-corrected chi connectivity index (χ0v) is 16.6. The number of carbonyl (C=O) groups excluding carboxylic acids is 1. The highest BCUT2D eigenvalue weighted by Gasteiger charge is 2.23. The predicted octanol–water partition coefficient (Wildman–Crippen LogP) is 3.11. The maximum Gasteiger partial charge on any atom is 0.232 e. The molecule has 0 unspecified atom stereocenters. The van der Waals surface area contributed by atoms with Crippen molar-refractivity contribution in [3.8, 4) is 0 Å². The highest BCUT2D eigenvalue weighted by Crippen LogP contribution is 2.25. The van der Waals surface area contributed by atoms with Crippen molar-refractivity contribution in [1.82, 2.24) is 4.90 Å². The molecule has 2 rings (SSSR count). The number of anilines is 1. The van der Waals surface area contributed by atoms with E-state index in [-0.39, 0.29) is 5.91 Å². The van der Waals surface area contributed by atoms with Gasteiger partial charge in [-0.1, -0.05) is 19.1 Å². The molecule has 1 heterocycles. The molecule has 25 heavy (non-hydrogen) atoms. The lowest BCUT2D eigenvalue weighted by atomic mass is 10.00. The Bertz CT molecular complexity index is 715. The van der Waals surface area contributed by atoms with E-state index in [0.717, 1.165) is 30.6 Å². The van der Waals surface area contributed by atoms with E-state index >= 15 is 0 Å². The van der Waals surface area contributed by atoms with Crippen LogP contribution in [0.25, 0.3) is 0 Å². The average Bonchev–Trinajstić information content (AvgIpc) is 2.53. The van der Waals surface area contributed by atoms with Crippen LogP contribution in [0.5, 0.6) is 0 Å². The third kappa shape index (κ3) is 5.21. The predicted molar refractivity (Wildman–Crippen MR) is 102 cm³/mol. The van der Waals surface area contributed by atoms with E-state index < -0.39 is 10.0 Å². The third-order valence-corrected chi connectivity index (χ3v) is 6.19. The second kappa shape index (κ2) is 8.21. The summed E-state index contributed by atoms with van der Waals surface area (Å²) in [6, 6.07) is 5.67. The minimum atomic E-state index is -3.38. The molecule has 0 bridgehead atoms. The molecule has 0 spiro atoms. The number of likely N-dealkylation sites (tertiary alicyclic amines) is 1. The van der Waals surface area contributed by atoms with Gasteiger partial charge in [0.05, 0.1) is 11.9 Å². The molecule has 1 aliphatic rings. The Balaban J connectivity index is 2.02. The van der Waals surface area contributed by atoms with Crippen LogP contribution in [0.15, 0.2) is 18.2 Å². The van der Waals surface area contributed by atoms with E-state index in [1.807, 2.05) is 36.9 Å². The summed E-state index contributed by atoms with van der Waals surface area (Å²) in [5, 5.41) is 0. The third-order valence-electron chi connectivity index (χ3n) is 5.01. The lowest BCUT2D eigenvalue weighted by Crippen LogP contribution is -2.39. The van der Waals surface area contributed by atoms with Gasteiger partial charge in [-0.25, -0.2) is 8.42 Å². The molecule has 140 valence electrons. The van der Waals surface area contributed by atoms with Gasteiger partial charge in [0.25, 0.3) is 0 Å². The molecule has 1 fully saturated rings. The van der Waals surface area contributed by atoms with Crippen LogP contribution in [0.1, 0.15) is 43.7 Å². The largest absolute Gasteiger partial charge is 0.342 e. The minimum Gasteiger partial charge on any atom is -0.342 e. The molecule has 0 radical (unpaired) electrons. The van der Waals surface area contributed by atoms with E-state index in [9.17, 15) is 13.2 Å². The van der Waals surface area contributed by atoms with Gasteiger partial charge in [0.2, 0.25) is 15.9 Å². The number of carbonyl (C=O) groups is 1. The summed E-state index contributed by atoms with van der Waals surface area (Å²) in [4.78, 5) is 14.3. The molecule has 1 aromatic rings. The van der Waals surface area contributed by atoms with Crippen LogP contribution in [-0.2, 0) is 14.8 Å².